The molecule has 0 radical (unpaired) electrons. The molecule has 3 aromatic rings. The normalized spacial score (nSPS) is 11.3. The van der Waals surface area contributed by atoms with Crippen molar-refractivity contribution in [1.82, 2.24) is 24.8 Å². The summed E-state index contributed by atoms with van der Waals surface area (Å²) in [5.41, 5.74) is -1.37. The smallest absolute Gasteiger partial charge is 0.350 e. The van der Waals surface area contributed by atoms with Crippen LogP contribution in [0.1, 0.15) is 15.9 Å². The van der Waals surface area contributed by atoms with Crippen LogP contribution in [-0.4, -0.2) is 32.0 Å². The zero-order valence-corrected chi connectivity index (χ0v) is 13.4. The number of amides is 1. The number of imidazole rings is 1. The van der Waals surface area contributed by atoms with Gasteiger partial charge in [-0.15, -0.1) is 0 Å². The molecule has 0 aliphatic carbocycles. The van der Waals surface area contributed by atoms with E-state index in [9.17, 15) is 18.0 Å². The summed E-state index contributed by atoms with van der Waals surface area (Å²) in [7, 11) is 0. The molecule has 2 heterocycles. The van der Waals surface area contributed by atoms with Crippen molar-refractivity contribution in [3.63, 3.8) is 0 Å². The molecular formula is C17H14F3N5O. The van der Waals surface area contributed by atoms with E-state index in [1.54, 1.807) is 35.4 Å². The van der Waals surface area contributed by atoms with Gasteiger partial charge in [-0.1, -0.05) is 12.1 Å². The monoisotopic (exact) mass is 361 g/mol. The highest BCUT2D eigenvalue weighted by Crippen LogP contribution is 2.31. The van der Waals surface area contributed by atoms with Crippen molar-refractivity contribution in [2.45, 2.75) is 12.7 Å². The maximum absolute atomic E-state index is 13.0. The van der Waals surface area contributed by atoms with Crippen molar-refractivity contribution >= 4 is 5.91 Å². The summed E-state index contributed by atoms with van der Waals surface area (Å²) in [5, 5.41) is 2.50. The molecule has 1 N–H and O–H groups in total. The summed E-state index contributed by atoms with van der Waals surface area (Å²) in [6.45, 7) is 0.439. The summed E-state index contributed by atoms with van der Waals surface area (Å²) in [6, 6.07) is 6.35. The number of hydrogen-bond donors (Lipinski definition) is 1. The third kappa shape index (κ3) is 3.88. The number of alkyl halides is 3. The first-order valence-electron chi connectivity index (χ1n) is 7.70. The van der Waals surface area contributed by atoms with Crippen LogP contribution in [0.25, 0.3) is 11.6 Å². The standard InChI is InChI=1S/C17H14F3N5O/c18-17(19,20)13-5-2-1-4-12(13)16(26)24-9-11-25-10-8-23-15(25)14-21-6-3-7-22-14/h1-8,10H,9,11H2,(H,24,26). The number of halogens is 3. The number of rotatable bonds is 5. The highest BCUT2D eigenvalue weighted by molar-refractivity contribution is 5.95. The second-order valence-electron chi connectivity index (χ2n) is 5.32. The van der Waals surface area contributed by atoms with Crippen LogP contribution in [0.3, 0.4) is 0 Å². The molecule has 0 atom stereocenters. The molecule has 0 saturated heterocycles. The molecular weight excluding hydrogens is 347 g/mol. The number of carbonyl (C=O) groups excluding carboxylic acids is 1. The van der Waals surface area contributed by atoms with E-state index < -0.39 is 23.2 Å². The van der Waals surface area contributed by atoms with E-state index in [-0.39, 0.29) is 6.54 Å². The van der Waals surface area contributed by atoms with Gasteiger partial charge < -0.3 is 9.88 Å². The molecule has 0 saturated carbocycles. The van der Waals surface area contributed by atoms with Gasteiger partial charge in [-0.2, -0.15) is 13.2 Å². The van der Waals surface area contributed by atoms with Crippen LogP contribution >= 0.6 is 0 Å². The van der Waals surface area contributed by atoms with E-state index >= 15 is 0 Å². The zero-order valence-electron chi connectivity index (χ0n) is 13.4. The first-order chi connectivity index (χ1) is 12.5. The average Bonchev–Trinajstić information content (AvgIpc) is 3.10. The quantitative estimate of drug-likeness (QED) is 0.759. The van der Waals surface area contributed by atoms with Crippen molar-refractivity contribution in [3.05, 3.63) is 66.2 Å². The number of nitrogens with zero attached hydrogens (tertiary/aromatic N) is 4. The van der Waals surface area contributed by atoms with E-state index in [2.05, 4.69) is 20.3 Å². The van der Waals surface area contributed by atoms with Gasteiger partial charge in [0.05, 0.1) is 11.1 Å². The molecule has 0 spiro atoms. The second-order valence-corrected chi connectivity index (χ2v) is 5.32. The largest absolute Gasteiger partial charge is 0.417 e. The first-order valence-corrected chi connectivity index (χ1v) is 7.70. The minimum atomic E-state index is -4.59. The third-order valence-electron chi connectivity index (χ3n) is 3.60. The lowest BCUT2D eigenvalue weighted by Gasteiger charge is -2.13. The SMILES string of the molecule is O=C(NCCn1ccnc1-c1ncccn1)c1ccccc1C(F)(F)F. The second kappa shape index (κ2) is 7.34. The number of carbonyl (C=O) groups is 1. The lowest BCUT2D eigenvalue weighted by Crippen LogP contribution is -2.29. The van der Waals surface area contributed by atoms with Crippen LogP contribution in [0.5, 0.6) is 0 Å². The summed E-state index contributed by atoms with van der Waals surface area (Å²) in [5.74, 6) is 0.150. The van der Waals surface area contributed by atoms with E-state index in [1.165, 1.54) is 12.1 Å². The molecule has 0 bridgehead atoms. The number of nitrogens with one attached hydrogen (secondary N) is 1. The van der Waals surface area contributed by atoms with Crippen molar-refractivity contribution in [2.24, 2.45) is 0 Å². The molecule has 134 valence electrons. The van der Waals surface area contributed by atoms with Gasteiger partial charge in [0.1, 0.15) is 0 Å². The van der Waals surface area contributed by atoms with Gasteiger partial charge in [0.25, 0.3) is 5.91 Å². The van der Waals surface area contributed by atoms with Gasteiger partial charge in [0.15, 0.2) is 11.6 Å². The van der Waals surface area contributed by atoms with Crippen LogP contribution < -0.4 is 5.32 Å². The molecule has 9 heteroatoms. The Hall–Kier alpha value is -3.23. The Morgan fingerprint density at radius 2 is 1.77 bits per heavy atom. The van der Waals surface area contributed by atoms with Crippen molar-refractivity contribution in [3.8, 4) is 11.6 Å². The Morgan fingerprint density at radius 1 is 1.04 bits per heavy atom. The van der Waals surface area contributed by atoms with Crippen LogP contribution in [0.4, 0.5) is 13.2 Å². The van der Waals surface area contributed by atoms with Crippen LogP contribution in [0.2, 0.25) is 0 Å². The fraction of sp³-hybridized carbons (Fsp3) is 0.176. The maximum atomic E-state index is 13.0. The topological polar surface area (TPSA) is 72.7 Å². The Morgan fingerprint density at radius 3 is 2.50 bits per heavy atom. The summed E-state index contributed by atoms with van der Waals surface area (Å²) < 4.78 is 40.7. The molecule has 0 aliphatic rings. The predicted molar refractivity (Wildman–Crippen MR) is 87.0 cm³/mol. The number of hydrogen-bond acceptors (Lipinski definition) is 4. The molecule has 0 unspecified atom stereocenters. The molecule has 26 heavy (non-hydrogen) atoms. The highest BCUT2D eigenvalue weighted by Gasteiger charge is 2.34. The predicted octanol–water partition coefficient (Wildman–Crippen LogP) is 2.79. The highest BCUT2D eigenvalue weighted by atomic mass is 19.4. The average molecular weight is 361 g/mol. The van der Waals surface area contributed by atoms with Gasteiger partial charge in [-0.25, -0.2) is 15.0 Å². The molecule has 6 nitrogen and oxygen atoms in total. The summed E-state index contributed by atoms with van der Waals surface area (Å²) in [6.07, 6.45) is 1.82. The van der Waals surface area contributed by atoms with Gasteiger partial charge >= 0.3 is 6.18 Å². The van der Waals surface area contributed by atoms with Crippen molar-refractivity contribution in [2.75, 3.05) is 6.54 Å². The van der Waals surface area contributed by atoms with Crippen molar-refractivity contribution in [1.29, 1.82) is 0 Å². The van der Waals surface area contributed by atoms with Crippen LogP contribution in [0, 0.1) is 0 Å². The lowest BCUT2D eigenvalue weighted by molar-refractivity contribution is -0.137. The molecule has 1 amide bonds. The van der Waals surface area contributed by atoms with Crippen molar-refractivity contribution < 1.29 is 18.0 Å². The fourth-order valence-corrected chi connectivity index (χ4v) is 2.42. The van der Waals surface area contributed by atoms with Crippen LogP contribution in [-0.2, 0) is 12.7 Å². The van der Waals surface area contributed by atoms with E-state index in [0.29, 0.717) is 18.2 Å². The molecule has 0 aliphatic heterocycles. The Balaban J connectivity index is 1.67. The third-order valence-corrected chi connectivity index (χ3v) is 3.60. The van der Waals surface area contributed by atoms with Crippen LogP contribution in [0.15, 0.2) is 55.1 Å². The summed E-state index contributed by atoms with van der Waals surface area (Å²) in [4.78, 5) is 24.5. The van der Waals surface area contributed by atoms with E-state index in [0.717, 1.165) is 12.1 Å². The molecule has 2 aromatic heterocycles. The first kappa shape index (κ1) is 17.6. The zero-order chi connectivity index (χ0) is 18.6. The molecule has 1 aromatic carbocycles. The van der Waals surface area contributed by atoms with Gasteiger partial charge in [-0.05, 0) is 18.2 Å². The lowest BCUT2D eigenvalue weighted by atomic mass is 10.1. The minimum Gasteiger partial charge on any atom is -0.350 e. The van der Waals surface area contributed by atoms with E-state index in [4.69, 9.17) is 0 Å². The minimum absolute atomic E-state index is 0.126. The summed E-state index contributed by atoms with van der Waals surface area (Å²) >= 11 is 0. The van der Waals surface area contributed by atoms with Gasteiger partial charge in [-0.3, -0.25) is 4.79 Å². The Labute approximate surface area is 146 Å². The Kier molecular flexibility index (Phi) is 4.97. The maximum Gasteiger partial charge on any atom is 0.417 e. The fourth-order valence-electron chi connectivity index (χ4n) is 2.42. The number of benzene rings is 1. The van der Waals surface area contributed by atoms with Gasteiger partial charge in [0, 0.05) is 37.9 Å². The van der Waals surface area contributed by atoms with Gasteiger partial charge in [0.2, 0.25) is 0 Å². The number of aromatic nitrogens is 4. The Bertz CT molecular complexity index is 893. The molecule has 0 fully saturated rings. The molecule has 3 rings (SSSR count). The van der Waals surface area contributed by atoms with E-state index in [1.807, 2.05) is 0 Å².